The standard InChI is InChI=1S/C13H15BrClNO3/c1-13(2,3)19-12(18)16-11(7-17)9-5-4-8(14)6-10(9)15/h4-7,11H,1-3H3,(H,16,18). The summed E-state index contributed by atoms with van der Waals surface area (Å²) in [5.41, 5.74) is -0.105. The molecule has 1 N–H and O–H groups in total. The van der Waals surface area contributed by atoms with Crippen LogP contribution in [0.3, 0.4) is 0 Å². The topological polar surface area (TPSA) is 55.4 Å². The van der Waals surface area contributed by atoms with E-state index in [1.54, 1.807) is 39.0 Å². The number of ether oxygens (including phenoxy) is 1. The number of halogens is 2. The quantitative estimate of drug-likeness (QED) is 0.844. The van der Waals surface area contributed by atoms with Gasteiger partial charge in [0, 0.05) is 15.1 Å². The molecule has 0 saturated heterocycles. The Bertz CT molecular complexity index is 485. The highest BCUT2D eigenvalue weighted by molar-refractivity contribution is 9.10. The molecule has 0 bridgehead atoms. The Hall–Kier alpha value is -1.07. The molecule has 19 heavy (non-hydrogen) atoms. The van der Waals surface area contributed by atoms with E-state index < -0.39 is 17.7 Å². The van der Waals surface area contributed by atoms with Gasteiger partial charge in [0.1, 0.15) is 17.9 Å². The highest BCUT2D eigenvalue weighted by atomic mass is 79.9. The van der Waals surface area contributed by atoms with Gasteiger partial charge in [-0.25, -0.2) is 4.79 Å². The zero-order valence-corrected chi connectivity index (χ0v) is 13.2. The molecule has 0 spiro atoms. The van der Waals surface area contributed by atoms with Crippen molar-refractivity contribution in [3.63, 3.8) is 0 Å². The second kappa shape index (κ2) is 6.39. The van der Waals surface area contributed by atoms with Gasteiger partial charge in [-0.3, -0.25) is 0 Å². The van der Waals surface area contributed by atoms with Gasteiger partial charge in [0.2, 0.25) is 0 Å². The lowest BCUT2D eigenvalue weighted by molar-refractivity contribution is -0.109. The molecule has 1 aromatic carbocycles. The minimum absolute atomic E-state index is 0.391. The van der Waals surface area contributed by atoms with E-state index in [0.717, 1.165) is 4.47 Å². The first kappa shape index (κ1) is 16.0. The van der Waals surface area contributed by atoms with Gasteiger partial charge in [0.25, 0.3) is 0 Å². The average molecular weight is 349 g/mol. The van der Waals surface area contributed by atoms with E-state index in [4.69, 9.17) is 16.3 Å². The molecule has 0 saturated carbocycles. The number of nitrogens with one attached hydrogen (secondary N) is 1. The molecule has 0 radical (unpaired) electrons. The smallest absolute Gasteiger partial charge is 0.408 e. The van der Waals surface area contributed by atoms with E-state index in [0.29, 0.717) is 16.9 Å². The lowest BCUT2D eigenvalue weighted by atomic mass is 10.1. The summed E-state index contributed by atoms with van der Waals surface area (Å²) in [6, 6.07) is 4.23. The van der Waals surface area contributed by atoms with E-state index in [1.807, 2.05) is 0 Å². The first-order chi connectivity index (χ1) is 8.73. The second-order valence-corrected chi connectivity index (χ2v) is 6.25. The van der Waals surface area contributed by atoms with Crippen LogP contribution >= 0.6 is 27.5 Å². The fourth-order valence-electron chi connectivity index (χ4n) is 1.37. The van der Waals surface area contributed by atoms with Crippen LogP contribution in [0.2, 0.25) is 5.02 Å². The van der Waals surface area contributed by atoms with E-state index in [9.17, 15) is 9.59 Å². The van der Waals surface area contributed by atoms with Gasteiger partial charge >= 0.3 is 6.09 Å². The third-order valence-corrected chi connectivity index (χ3v) is 2.93. The van der Waals surface area contributed by atoms with Crippen LogP contribution in [0, 0.1) is 0 Å². The van der Waals surface area contributed by atoms with Crippen molar-refractivity contribution in [3.8, 4) is 0 Å². The summed E-state index contributed by atoms with van der Waals surface area (Å²) in [5, 5.41) is 2.86. The summed E-state index contributed by atoms with van der Waals surface area (Å²) in [4.78, 5) is 22.7. The number of alkyl carbamates (subject to hydrolysis) is 1. The minimum Gasteiger partial charge on any atom is -0.444 e. The molecule has 0 heterocycles. The third kappa shape index (κ3) is 5.20. The maximum atomic E-state index is 11.6. The minimum atomic E-state index is -0.838. The normalized spacial score (nSPS) is 12.7. The van der Waals surface area contributed by atoms with Gasteiger partial charge in [0.05, 0.1) is 0 Å². The summed E-state index contributed by atoms with van der Waals surface area (Å²) in [6.07, 6.45) is -0.0532. The van der Waals surface area contributed by atoms with Gasteiger partial charge in [-0.05, 0) is 32.9 Å². The molecule has 0 aliphatic heterocycles. The predicted molar refractivity (Wildman–Crippen MR) is 77.3 cm³/mol. The SMILES string of the molecule is CC(C)(C)OC(=O)NC(C=O)c1ccc(Br)cc1Cl. The van der Waals surface area contributed by atoms with Crippen molar-refractivity contribution in [1.82, 2.24) is 5.32 Å². The van der Waals surface area contributed by atoms with Crippen molar-refractivity contribution in [2.24, 2.45) is 0 Å². The molecule has 0 aliphatic rings. The molecule has 0 aromatic heterocycles. The van der Waals surface area contributed by atoms with E-state index in [1.165, 1.54) is 0 Å². The molecule has 104 valence electrons. The van der Waals surface area contributed by atoms with Crippen molar-refractivity contribution in [2.75, 3.05) is 0 Å². The third-order valence-electron chi connectivity index (χ3n) is 2.11. The maximum absolute atomic E-state index is 11.6. The summed E-state index contributed by atoms with van der Waals surface area (Å²) in [7, 11) is 0. The number of hydrogen-bond acceptors (Lipinski definition) is 3. The Balaban J connectivity index is 2.84. The van der Waals surface area contributed by atoms with Crippen LogP contribution in [0.15, 0.2) is 22.7 Å². The number of carbonyl (C=O) groups excluding carboxylic acids is 2. The second-order valence-electron chi connectivity index (χ2n) is 4.93. The number of carbonyl (C=O) groups is 2. The number of hydrogen-bond donors (Lipinski definition) is 1. The summed E-state index contributed by atoms with van der Waals surface area (Å²) < 4.78 is 5.89. The van der Waals surface area contributed by atoms with Gasteiger partial charge in [-0.15, -0.1) is 0 Å². The van der Waals surface area contributed by atoms with Crippen LogP contribution in [-0.4, -0.2) is 18.0 Å². The fraction of sp³-hybridized carbons (Fsp3) is 0.385. The lowest BCUT2D eigenvalue weighted by Crippen LogP contribution is -2.35. The van der Waals surface area contributed by atoms with E-state index >= 15 is 0 Å². The van der Waals surface area contributed by atoms with Crippen LogP contribution in [0.25, 0.3) is 0 Å². The Labute approximate surface area is 125 Å². The van der Waals surface area contributed by atoms with Crippen molar-refractivity contribution < 1.29 is 14.3 Å². The zero-order valence-electron chi connectivity index (χ0n) is 10.9. The number of aldehydes is 1. The summed E-state index contributed by atoms with van der Waals surface area (Å²) in [6.45, 7) is 5.24. The number of rotatable bonds is 3. The highest BCUT2D eigenvalue weighted by Crippen LogP contribution is 2.26. The Morgan fingerprint density at radius 2 is 2.11 bits per heavy atom. The molecule has 1 amide bonds. The Morgan fingerprint density at radius 3 is 2.58 bits per heavy atom. The first-order valence-electron chi connectivity index (χ1n) is 5.62. The molecule has 4 nitrogen and oxygen atoms in total. The summed E-state index contributed by atoms with van der Waals surface area (Å²) >= 11 is 9.31. The van der Waals surface area contributed by atoms with Crippen molar-refractivity contribution in [2.45, 2.75) is 32.4 Å². The molecule has 1 atom stereocenters. The fourth-order valence-corrected chi connectivity index (χ4v) is 2.16. The van der Waals surface area contributed by atoms with Gasteiger partial charge < -0.3 is 14.8 Å². The van der Waals surface area contributed by atoms with E-state index in [2.05, 4.69) is 21.2 Å². The predicted octanol–water partition coefficient (Wildman–Crippen LogP) is 3.87. The first-order valence-corrected chi connectivity index (χ1v) is 6.80. The van der Waals surface area contributed by atoms with Crippen LogP contribution < -0.4 is 5.32 Å². The maximum Gasteiger partial charge on any atom is 0.408 e. The molecule has 0 fully saturated rings. The van der Waals surface area contributed by atoms with Crippen molar-refractivity contribution in [1.29, 1.82) is 0 Å². The Kier molecular flexibility index (Phi) is 5.38. The molecule has 0 aliphatic carbocycles. The van der Waals surface area contributed by atoms with Crippen molar-refractivity contribution >= 4 is 39.9 Å². The highest BCUT2D eigenvalue weighted by Gasteiger charge is 2.21. The van der Waals surface area contributed by atoms with Gasteiger partial charge in [-0.1, -0.05) is 33.6 Å². The monoisotopic (exact) mass is 347 g/mol. The lowest BCUT2D eigenvalue weighted by Gasteiger charge is -2.22. The van der Waals surface area contributed by atoms with Crippen LogP contribution in [0.4, 0.5) is 4.79 Å². The Morgan fingerprint density at radius 1 is 1.47 bits per heavy atom. The molecular formula is C13H15BrClNO3. The van der Waals surface area contributed by atoms with Crippen LogP contribution in [0.5, 0.6) is 0 Å². The van der Waals surface area contributed by atoms with Crippen LogP contribution in [-0.2, 0) is 9.53 Å². The summed E-state index contributed by atoms with van der Waals surface area (Å²) in [5.74, 6) is 0. The molecule has 1 aromatic rings. The molecule has 1 unspecified atom stereocenters. The largest absolute Gasteiger partial charge is 0.444 e. The van der Waals surface area contributed by atoms with Crippen molar-refractivity contribution in [3.05, 3.63) is 33.3 Å². The molecule has 1 rings (SSSR count). The van der Waals surface area contributed by atoms with Crippen LogP contribution in [0.1, 0.15) is 32.4 Å². The van der Waals surface area contributed by atoms with Gasteiger partial charge in [0.15, 0.2) is 0 Å². The average Bonchev–Trinajstić information content (AvgIpc) is 2.24. The number of benzene rings is 1. The zero-order chi connectivity index (χ0) is 14.6. The van der Waals surface area contributed by atoms with E-state index in [-0.39, 0.29) is 0 Å². The molecule has 6 heteroatoms. The van der Waals surface area contributed by atoms with Gasteiger partial charge in [-0.2, -0.15) is 0 Å². The number of amides is 1. The molecular weight excluding hydrogens is 334 g/mol.